The molecule has 3 N–H and O–H groups in total. The fourth-order valence-electron chi connectivity index (χ4n) is 4.57. The molecule has 0 aliphatic carbocycles. The van der Waals surface area contributed by atoms with Crippen LogP contribution in [0.25, 0.3) is 0 Å². The Hall–Kier alpha value is -2.23. The summed E-state index contributed by atoms with van der Waals surface area (Å²) >= 11 is 0. The predicted molar refractivity (Wildman–Crippen MR) is 106 cm³/mol. The highest BCUT2D eigenvalue weighted by Gasteiger charge is 2.53. The Morgan fingerprint density at radius 3 is 2.86 bits per heavy atom. The molecule has 9 heteroatoms. The number of aliphatic hydroxyl groups excluding tert-OH is 1. The molecule has 0 bridgehead atoms. The second-order valence-electron chi connectivity index (χ2n) is 8.54. The average Bonchev–Trinajstić information content (AvgIpc) is 3.33. The van der Waals surface area contributed by atoms with Crippen molar-refractivity contribution in [1.29, 1.82) is 0 Å². The molecule has 1 spiro atoms. The third-order valence-corrected chi connectivity index (χ3v) is 6.27. The van der Waals surface area contributed by atoms with Crippen LogP contribution in [0, 0.1) is 6.92 Å². The molecular formula is C20H30N6O3. The molecule has 2 aliphatic heterocycles. The molecule has 29 heavy (non-hydrogen) atoms. The summed E-state index contributed by atoms with van der Waals surface area (Å²) in [6.45, 7) is 6.94. The summed E-state index contributed by atoms with van der Waals surface area (Å²) in [5.41, 5.74) is 0.615. The second kappa shape index (κ2) is 7.89. The molecule has 0 radical (unpaired) electrons. The van der Waals surface area contributed by atoms with E-state index in [0.29, 0.717) is 13.0 Å². The van der Waals surface area contributed by atoms with Crippen molar-refractivity contribution in [3.8, 4) is 0 Å². The summed E-state index contributed by atoms with van der Waals surface area (Å²) in [5.74, 6) is -0.150. The minimum absolute atomic E-state index is 0.141. The fourth-order valence-corrected chi connectivity index (χ4v) is 4.57. The van der Waals surface area contributed by atoms with E-state index >= 15 is 0 Å². The molecule has 4 heterocycles. The molecule has 158 valence electrons. The molecule has 9 nitrogen and oxygen atoms in total. The van der Waals surface area contributed by atoms with Crippen LogP contribution in [0.15, 0.2) is 24.8 Å². The highest BCUT2D eigenvalue weighted by Crippen LogP contribution is 2.40. The number of aromatic amines is 1. The number of likely N-dealkylation sites (tertiary alicyclic amines) is 1. The van der Waals surface area contributed by atoms with Crippen LogP contribution >= 0.6 is 0 Å². The van der Waals surface area contributed by atoms with Gasteiger partial charge < -0.3 is 20.1 Å². The fraction of sp³-hybridized carbons (Fsp3) is 0.650. The van der Waals surface area contributed by atoms with Crippen LogP contribution < -0.4 is 5.32 Å². The molecular weight excluding hydrogens is 372 g/mol. The summed E-state index contributed by atoms with van der Waals surface area (Å²) in [4.78, 5) is 22.1. The van der Waals surface area contributed by atoms with Crippen molar-refractivity contribution in [2.24, 2.45) is 0 Å². The van der Waals surface area contributed by atoms with Gasteiger partial charge in [0.1, 0.15) is 12.6 Å². The average molecular weight is 402 g/mol. The van der Waals surface area contributed by atoms with E-state index < -0.39 is 17.2 Å². The lowest BCUT2D eigenvalue weighted by atomic mass is 9.73. The van der Waals surface area contributed by atoms with Crippen molar-refractivity contribution in [2.75, 3.05) is 19.7 Å². The van der Waals surface area contributed by atoms with E-state index in [1.165, 1.54) is 0 Å². The third-order valence-electron chi connectivity index (χ3n) is 6.27. The number of aliphatic hydroxyl groups is 1. The van der Waals surface area contributed by atoms with Gasteiger partial charge in [-0.3, -0.25) is 14.4 Å². The summed E-state index contributed by atoms with van der Waals surface area (Å²) in [7, 11) is 0. The molecule has 2 saturated heterocycles. The lowest BCUT2D eigenvalue weighted by molar-refractivity contribution is -0.208. The first-order valence-electron chi connectivity index (χ1n) is 10.2. The number of piperidine rings is 1. The first kappa shape index (κ1) is 20.1. The number of aryl methyl sites for hydroxylation is 1. The number of hydrogen-bond acceptors (Lipinski definition) is 6. The van der Waals surface area contributed by atoms with Gasteiger partial charge >= 0.3 is 0 Å². The molecule has 2 aromatic heterocycles. The van der Waals surface area contributed by atoms with Gasteiger partial charge in [0.25, 0.3) is 0 Å². The van der Waals surface area contributed by atoms with E-state index in [1.807, 2.05) is 26.1 Å². The van der Waals surface area contributed by atoms with Crippen LogP contribution in [-0.4, -0.2) is 72.6 Å². The highest BCUT2D eigenvalue weighted by atomic mass is 16.5. The number of H-pyrrole nitrogens is 1. The van der Waals surface area contributed by atoms with Gasteiger partial charge in [0.2, 0.25) is 5.91 Å². The normalized spacial score (nSPS) is 27.2. The van der Waals surface area contributed by atoms with Gasteiger partial charge in [-0.15, -0.1) is 0 Å². The topological polar surface area (TPSA) is 108 Å². The van der Waals surface area contributed by atoms with Crippen LogP contribution in [0.5, 0.6) is 0 Å². The minimum atomic E-state index is -0.763. The maximum atomic E-state index is 12.6. The summed E-state index contributed by atoms with van der Waals surface area (Å²) in [6.07, 6.45) is 6.59. The van der Waals surface area contributed by atoms with E-state index in [1.54, 1.807) is 17.2 Å². The zero-order valence-electron chi connectivity index (χ0n) is 17.1. The number of nitrogens with zero attached hydrogens (tertiary/aromatic N) is 4. The number of amides is 1. The molecule has 2 aliphatic rings. The van der Waals surface area contributed by atoms with Crippen LogP contribution in [0.4, 0.5) is 0 Å². The Bertz CT molecular complexity index is 827. The molecule has 0 aromatic carbocycles. The maximum absolute atomic E-state index is 12.6. The molecule has 0 unspecified atom stereocenters. The Balaban J connectivity index is 1.38. The van der Waals surface area contributed by atoms with E-state index in [2.05, 4.69) is 25.3 Å². The molecule has 2 atom stereocenters. The van der Waals surface area contributed by atoms with Crippen LogP contribution in [0.2, 0.25) is 0 Å². The number of imidazole rings is 1. The largest absolute Gasteiger partial charge is 0.388 e. The number of nitrogens with one attached hydrogen (secondary N) is 2. The Kier molecular flexibility index (Phi) is 5.46. The van der Waals surface area contributed by atoms with E-state index in [0.717, 1.165) is 43.9 Å². The quantitative estimate of drug-likeness (QED) is 0.676. The second-order valence-corrected chi connectivity index (χ2v) is 8.54. The Labute approximate surface area is 170 Å². The Morgan fingerprint density at radius 2 is 2.21 bits per heavy atom. The number of hydrogen-bond donors (Lipinski definition) is 3. The first-order chi connectivity index (χ1) is 13.9. The lowest BCUT2D eigenvalue weighted by Crippen LogP contribution is -2.69. The van der Waals surface area contributed by atoms with Gasteiger partial charge in [-0.25, -0.2) is 4.98 Å². The minimum Gasteiger partial charge on any atom is -0.388 e. The molecule has 0 saturated carbocycles. The van der Waals surface area contributed by atoms with Crippen molar-refractivity contribution in [1.82, 2.24) is 30.0 Å². The van der Waals surface area contributed by atoms with Gasteiger partial charge in [-0.1, -0.05) is 0 Å². The smallest absolute Gasteiger partial charge is 0.242 e. The van der Waals surface area contributed by atoms with Crippen molar-refractivity contribution in [3.05, 3.63) is 36.2 Å². The predicted octanol–water partition coefficient (Wildman–Crippen LogP) is 0.606. The van der Waals surface area contributed by atoms with Crippen molar-refractivity contribution in [2.45, 2.75) is 63.4 Å². The first-order valence-corrected chi connectivity index (χ1v) is 10.2. The summed E-state index contributed by atoms with van der Waals surface area (Å²) < 4.78 is 7.75. The zero-order valence-corrected chi connectivity index (χ0v) is 17.1. The standard InChI is InChI=1S/C20H30N6O3/c1-15-3-7-26(24-15)13-17(27)23-19(2)6-10-29-20(18(19)28)4-8-25(9-5-20)12-16-11-21-14-22-16/h3,7,11,14,18,28H,4-6,8-10,12-13H2,1-2H3,(H,21,22)(H,23,27)/t18-,19+/m0/s1. The highest BCUT2D eigenvalue weighted by molar-refractivity contribution is 5.76. The number of aromatic nitrogens is 4. The zero-order chi connectivity index (χ0) is 20.5. The van der Waals surface area contributed by atoms with E-state index in [9.17, 15) is 9.90 Å². The maximum Gasteiger partial charge on any atom is 0.242 e. The number of carbonyl (C=O) groups excluding carboxylic acids is 1. The van der Waals surface area contributed by atoms with Crippen LogP contribution in [-0.2, 0) is 22.6 Å². The summed E-state index contributed by atoms with van der Waals surface area (Å²) in [5, 5.41) is 18.6. The van der Waals surface area contributed by atoms with Gasteiger partial charge in [-0.2, -0.15) is 5.10 Å². The van der Waals surface area contributed by atoms with Gasteiger partial charge in [0.15, 0.2) is 0 Å². The SMILES string of the molecule is Cc1ccn(CC(=O)N[C@]2(C)CCOC3(CCN(Cc4cnc[nH]4)CC3)[C@H]2O)n1. The molecule has 4 rings (SSSR count). The van der Waals surface area contributed by atoms with E-state index in [4.69, 9.17) is 4.74 Å². The molecule has 2 fully saturated rings. The Morgan fingerprint density at radius 1 is 1.41 bits per heavy atom. The van der Waals surface area contributed by atoms with Crippen molar-refractivity contribution in [3.63, 3.8) is 0 Å². The number of carbonyl (C=O) groups is 1. The van der Waals surface area contributed by atoms with Crippen molar-refractivity contribution >= 4 is 5.91 Å². The van der Waals surface area contributed by atoms with Gasteiger partial charge in [0, 0.05) is 44.3 Å². The summed E-state index contributed by atoms with van der Waals surface area (Å²) in [6, 6.07) is 1.87. The monoisotopic (exact) mass is 402 g/mol. The molecule has 2 aromatic rings. The van der Waals surface area contributed by atoms with Crippen LogP contribution in [0.1, 0.15) is 37.6 Å². The molecule has 1 amide bonds. The van der Waals surface area contributed by atoms with Crippen molar-refractivity contribution < 1.29 is 14.6 Å². The van der Waals surface area contributed by atoms with E-state index in [-0.39, 0.29) is 12.5 Å². The van der Waals surface area contributed by atoms with Gasteiger partial charge in [-0.05, 0) is 39.2 Å². The number of rotatable bonds is 5. The van der Waals surface area contributed by atoms with Gasteiger partial charge in [0.05, 0.1) is 23.2 Å². The third kappa shape index (κ3) is 4.22. The lowest BCUT2D eigenvalue weighted by Gasteiger charge is -2.53. The van der Waals surface area contributed by atoms with Crippen LogP contribution in [0.3, 0.4) is 0 Å². The number of ether oxygens (including phenoxy) is 1.